The smallest absolute Gasteiger partial charge is 0.150 e. The largest absolute Gasteiger partial charge is 0.238 e. The molecule has 0 bridgehead atoms. The van der Waals surface area contributed by atoms with Gasteiger partial charge in [0.05, 0.1) is 11.1 Å². The summed E-state index contributed by atoms with van der Waals surface area (Å²) >= 11 is 3.06. The Balaban J connectivity index is 1.63. The summed E-state index contributed by atoms with van der Waals surface area (Å²) < 4.78 is 14.6. The lowest BCUT2D eigenvalue weighted by atomic mass is 10.1. The molecular formula is C17H12FN3S2. The first-order chi connectivity index (χ1) is 11.2. The zero-order chi connectivity index (χ0) is 15.8. The first-order valence-corrected chi connectivity index (χ1v) is 8.76. The van der Waals surface area contributed by atoms with Crippen LogP contribution < -0.4 is 0 Å². The number of benzene rings is 2. The number of hydrogen-bond donors (Lipinski definition) is 0. The summed E-state index contributed by atoms with van der Waals surface area (Å²) in [6, 6.07) is 13.2. The summed E-state index contributed by atoms with van der Waals surface area (Å²) in [5, 5.41) is 11.2. The summed E-state index contributed by atoms with van der Waals surface area (Å²) in [7, 11) is 0. The maximum Gasteiger partial charge on any atom is 0.150 e. The van der Waals surface area contributed by atoms with E-state index in [2.05, 4.69) is 34.2 Å². The van der Waals surface area contributed by atoms with Gasteiger partial charge in [-0.3, -0.25) is 0 Å². The van der Waals surface area contributed by atoms with E-state index in [0.717, 1.165) is 25.3 Å². The molecule has 0 radical (unpaired) electrons. The number of aryl methyl sites for hydroxylation is 1. The molecule has 0 fully saturated rings. The predicted octanol–water partition coefficient (Wildman–Crippen LogP) is 4.85. The summed E-state index contributed by atoms with van der Waals surface area (Å²) in [5.74, 6) is -0.275. The zero-order valence-electron chi connectivity index (χ0n) is 12.3. The molecule has 0 N–H and O–H groups in total. The molecule has 2 heterocycles. The van der Waals surface area contributed by atoms with Crippen molar-refractivity contribution in [2.45, 2.75) is 13.3 Å². The molecule has 2 aromatic carbocycles. The molecule has 0 aliphatic carbocycles. The third-order valence-electron chi connectivity index (χ3n) is 3.45. The summed E-state index contributed by atoms with van der Waals surface area (Å²) in [6.45, 7) is 2.06. The van der Waals surface area contributed by atoms with E-state index in [0.29, 0.717) is 11.9 Å². The van der Waals surface area contributed by atoms with Crippen LogP contribution in [0.1, 0.15) is 15.6 Å². The van der Waals surface area contributed by atoms with Crippen molar-refractivity contribution in [2.24, 2.45) is 0 Å². The first kappa shape index (κ1) is 14.4. The Morgan fingerprint density at radius 2 is 1.87 bits per heavy atom. The van der Waals surface area contributed by atoms with Crippen LogP contribution in [-0.4, -0.2) is 15.2 Å². The molecule has 23 heavy (non-hydrogen) atoms. The molecule has 4 rings (SSSR count). The van der Waals surface area contributed by atoms with Crippen molar-refractivity contribution in [2.75, 3.05) is 0 Å². The third-order valence-corrected chi connectivity index (χ3v) is 5.44. The maximum atomic E-state index is 13.7. The predicted molar refractivity (Wildman–Crippen MR) is 92.5 cm³/mol. The van der Waals surface area contributed by atoms with E-state index >= 15 is 0 Å². The van der Waals surface area contributed by atoms with E-state index < -0.39 is 0 Å². The lowest BCUT2D eigenvalue weighted by Gasteiger charge is -1.96. The van der Waals surface area contributed by atoms with Gasteiger partial charge in [0.1, 0.15) is 26.4 Å². The Morgan fingerprint density at radius 1 is 1.00 bits per heavy atom. The van der Waals surface area contributed by atoms with Crippen LogP contribution in [0.15, 0.2) is 42.5 Å². The normalized spacial score (nSPS) is 11.2. The topological polar surface area (TPSA) is 38.7 Å². The summed E-state index contributed by atoms with van der Waals surface area (Å²) in [4.78, 5) is 4.39. The van der Waals surface area contributed by atoms with Gasteiger partial charge in [-0.25, -0.2) is 9.37 Å². The molecule has 2 aromatic heterocycles. The number of nitrogens with zero attached hydrogens (tertiary/aromatic N) is 3. The lowest BCUT2D eigenvalue weighted by Crippen LogP contribution is -1.86. The van der Waals surface area contributed by atoms with Crippen molar-refractivity contribution in [1.82, 2.24) is 15.2 Å². The minimum atomic E-state index is -0.275. The highest BCUT2D eigenvalue weighted by molar-refractivity contribution is 7.19. The highest BCUT2D eigenvalue weighted by Crippen LogP contribution is 2.29. The molecule has 0 unspecified atom stereocenters. The summed E-state index contributed by atoms with van der Waals surface area (Å²) in [5.41, 5.74) is 2.71. The van der Waals surface area contributed by atoms with E-state index in [1.54, 1.807) is 17.4 Å². The number of rotatable bonds is 3. The van der Waals surface area contributed by atoms with Crippen LogP contribution in [0.4, 0.5) is 4.39 Å². The van der Waals surface area contributed by atoms with Gasteiger partial charge in [-0.1, -0.05) is 41.2 Å². The van der Waals surface area contributed by atoms with E-state index in [-0.39, 0.29) is 5.82 Å². The van der Waals surface area contributed by atoms with Gasteiger partial charge >= 0.3 is 0 Å². The van der Waals surface area contributed by atoms with Crippen LogP contribution in [0.3, 0.4) is 0 Å². The fraction of sp³-hybridized carbons (Fsp3) is 0.118. The van der Waals surface area contributed by atoms with Gasteiger partial charge in [0, 0.05) is 5.56 Å². The molecule has 0 aliphatic heterocycles. The van der Waals surface area contributed by atoms with Crippen LogP contribution in [0.2, 0.25) is 0 Å². The average molecular weight is 341 g/mol. The second-order valence-electron chi connectivity index (χ2n) is 5.24. The lowest BCUT2D eigenvalue weighted by molar-refractivity contribution is 0.637. The van der Waals surface area contributed by atoms with Gasteiger partial charge in [-0.2, -0.15) is 0 Å². The number of aromatic nitrogens is 3. The SMILES string of the molecule is Cc1cccc(-c2nnc(Cc3nc4c(F)cccc4s3)s2)c1. The number of hydrogen-bond acceptors (Lipinski definition) is 5. The molecule has 114 valence electrons. The van der Waals surface area contributed by atoms with Crippen molar-refractivity contribution in [3.63, 3.8) is 0 Å². The van der Waals surface area contributed by atoms with Crippen LogP contribution in [0.5, 0.6) is 0 Å². The van der Waals surface area contributed by atoms with Crippen molar-refractivity contribution < 1.29 is 4.39 Å². The Bertz CT molecular complexity index is 990. The van der Waals surface area contributed by atoms with Gasteiger partial charge in [-0.15, -0.1) is 21.5 Å². The number of para-hydroxylation sites is 1. The van der Waals surface area contributed by atoms with E-state index in [1.165, 1.54) is 23.0 Å². The molecule has 0 amide bonds. The number of halogens is 1. The molecule has 4 aromatic rings. The second kappa shape index (κ2) is 5.79. The molecule has 0 spiro atoms. The van der Waals surface area contributed by atoms with Gasteiger partial charge < -0.3 is 0 Å². The minimum absolute atomic E-state index is 0.275. The van der Waals surface area contributed by atoms with Crippen LogP contribution in [0, 0.1) is 12.7 Å². The third kappa shape index (κ3) is 2.87. The van der Waals surface area contributed by atoms with Crippen molar-refractivity contribution in [3.05, 3.63) is 63.9 Å². The van der Waals surface area contributed by atoms with Crippen LogP contribution in [-0.2, 0) is 6.42 Å². The fourth-order valence-corrected chi connectivity index (χ4v) is 4.30. The van der Waals surface area contributed by atoms with Gasteiger partial charge in [0.15, 0.2) is 0 Å². The quantitative estimate of drug-likeness (QED) is 0.534. The van der Waals surface area contributed by atoms with Crippen molar-refractivity contribution in [3.8, 4) is 10.6 Å². The minimum Gasteiger partial charge on any atom is -0.238 e. The van der Waals surface area contributed by atoms with Crippen molar-refractivity contribution in [1.29, 1.82) is 0 Å². The molecule has 0 aliphatic rings. The molecule has 6 heteroatoms. The Morgan fingerprint density at radius 3 is 2.70 bits per heavy atom. The number of fused-ring (bicyclic) bond motifs is 1. The van der Waals surface area contributed by atoms with Gasteiger partial charge in [-0.05, 0) is 25.1 Å². The summed E-state index contributed by atoms with van der Waals surface area (Å²) in [6.07, 6.45) is 0.586. The Kier molecular flexibility index (Phi) is 3.63. The van der Waals surface area contributed by atoms with E-state index in [1.807, 2.05) is 18.2 Å². The number of thiazole rings is 1. The van der Waals surface area contributed by atoms with Crippen LogP contribution in [0.25, 0.3) is 20.8 Å². The molecule has 0 saturated heterocycles. The van der Waals surface area contributed by atoms with Crippen LogP contribution >= 0.6 is 22.7 Å². The zero-order valence-corrected chi connectivity index (χ0v) is 13.9. The van der Waals surface area contributed by atoms with Crippen molar-refractivity contribution >= 4 is 32.9 Å². The standard InChI is InChI=1S/C17H12FN3S2/c1-10-4-2-5-11(8-10)17-21-20-15(23-17)9-14-19-16-12(18)6-3-7-13(16)22-14/h2-8H,9H2,1H3. The Hall–Kier alpha value is -2.18. The fourth-order valence-electron chi connectivity index (χ4n) is 2.39. The second-order valence-corrected chi connectivity index (χ2v) is 7.42. The first-order valence-electron chi connectivity index (χ1n) is 7.12. The highest BCUT2D eigenvalue weighted by atomic mass is 32.1. The van der Waals surface area contributed by atoms with E-state index in [9.17, 15) is 4.39 Å². The maximum absolute atomic E-state index is 13.7. The molecule has 0 atom stereocenters. The van der Waals surface area contributed by atoms with E-state index in [4.69, 9.17) is 0 Å². The van der Waals surface area contributed by atoms with Gasteiger partial charge in [0.2, 0.25) is 0 Å². The molecular weight excluding hydrogens is 329 g/mol. The molecule has 0 saturated carbocycles. The highest BCUT2D eigenvalue weighted by Gasteiger charge is 2.12. The monoisotopic (exact) mass is 341 g/mol. The molecule has 3 nitrogen and oxygen atoms in total. The Labute approximate surface area is 140 Å². The van der Waals surface area contributed by atoms with Gasteiger partial charge in [0.25, 0.3) is 0 Å². The average Bonchev–Trinajstić information content (AvgIpc) is 3.15.